The lowest BCUT2D eigenvalue weighted by atomic mass is 9.83. The van der Waals surface area contributed by atoms with Crippen LogP contribution < -0.4 is 10.2 Å². The molecule has 0 atom stereocenters. The second-order valence-corrected chi connectivity index (χ2v) is 7.16. The van der Waals surface area contributed by atoms with Crippen molar-refractivity contribution in [1.29, 1.82) is 5.41 Å². The molecule has 1 saturated heterocycles. The molecular weight excluding hydrogens is 356 g/mol. The number of hydrogen-bond donors (Lipinski definition) is 4. The second kappa shape index (κ2) is 9.16. The van der Waals surface area contributed by atoms with Crippen LogP contribution in [-0.2, 0) is 10.3 Å². The van der Waals surface area contributed by atoms with Crippen molar-refractivity contribution in [2.24, 2.45) is 0 Å². The van der Waals surface area contributed by atoms with E-state index in [-0.39, 0.29) is 0 Å². The summed E-state index contributed by atoms with van der Waals surface area (Å²) < 4.78 is 5.47. The molecule has 4 N–H and O–H groups in total. The summed E-state index contributed by atoms with van der Waals surface area (Å²) in [4.78, 5) is 6.95. The molecule has 0 bridgehead atoms. The Morgan fingerprint density at radius 2 is 2.04 bits per heavy atom. The number of pyridine rings is 1. The predicted octanol–water partition coefficient (Wildman–Crippen LogP) is 3.17. The number of hydrogen-bond acceptors (Lipinski definition) is 7. The lowest BCUT2D eigenvalue weighted by Crippen LogP contribution is -2.37. The standard InChI is InChI=1S/C20H30N6O2/c1-3-6-20(27,7-4-2)16-13-18(26-9-11-28-12-10-26)24-19(15(16)14-21)23-17-5-8-22-25-17/h5,8,13-14,21,27H,3-4,6-7,9-12H2,1-2H3,(H2,22,23,24,25). The summed E-state index contributed by atoms with van der Waals surface area (Å²) in [5.74, 6) is 2.02. The van der Waals surface area contributed by atoms with Crippen molar-refractivity contribution in [2.45, 2.75) is 45.1 Å². The Hall–Kier alpha value is -2.45. The van der Waals surface area contributed by atoms with Crippen molar-refractivity contribution in [3.8, 4) is 0 Å². The zero-order valence-corrected chi connectivity index (χ0v) is 16.7. The minimum absolute atomic E-state index is 0.545. The van der Waals surface area contributed by atoms with Gasteiger partial charge in [0.1, 0.15) is 17.5 Å². The van der Waals surface area contributed by atoms with Gasteiger partial charge in [0.2, 0.25) is 0 Å². The van der Waals surface area contributed by atoms with Gasteiger partial charge in [-0.2, -0.15) is 5.10 Å². The molecule has 0 amide bonds. The molecule has 0 aromatic carbocycles. The Morgan fingerprint density at radius 1 is 1.32 bits per heavy atom. The minimum Gasteiger partial charge on any atom is -0.385 e. The van der Waals surface area contributed by atoms with Gasteiger partial charge in [0.15, 0.2) is 0 Å². The van der Waals surface area contributed by atoms with Crippen LogP contribution in [0.25, 0.3) is 0 Å². The van der Waals surface area contributed by atoms with E-state index in [1.165, 1.54) is 6.21 Å². The maximum atomic E-state index is 11.5. The SMILES string of the molecule is CCCC(O)(CCC)c1cc(N2CCOCC2)nc(Nc2ccn[nH]2)c1C=N. The largest absolute Gasteiger partial charge is 0.385 e. The summed E-state index contributed by atoms with van der Waals surface area (Å²) in [5.41, 5.74) is 0.367. The van der Waals surface area contributed by atoms with E-state index in [0.717, 1.165) is 37.3 Å². The molecule has 0 unspecified atom stereocenters. The first-order valence-corrected chi connectivity index (χ1v) is 9.98. The number of rotatable bonds is 9. The lowest BCUT2D eigenvalue weighted by Gasteiger charge is -2.33. The quantitative estimate of drug-likeness (QED) is 0.493. The number of aliphatic hydroxyl groups is 1. The van der Waals surface area contributed by atoms with Crippen molar-refractivity contribution in [3.05, 3.63) is 29.5 Å². The minimum atomic E-state index is -0.995. The second-order valence-electron chi connectivity index (χ2n) is 7.16. The molecule has 3 rings (SSSR count). The van der Waals surface area contributed by atoms with E-state index in [1.54, 1.807) is 12.3 Å². The smallest absolute Gasteiger partial charge is 0.143 e. The van der Waals surface area contributed by atoms with Crippen molar-refractivity contribution < 1.29 is 9.84 Å². The molecule has 1 aliphatic rings. The third kappa shape index (κ3) is 4.34. The Labute approximate surface area is 165 Å². The first kappa shape index (κ1) is 20.3. The molecule has 8 heteroatoms. The van der Waals surface area contributed by atoms with Gasteiger partial charge in [0.05, 0.1) is 25.0 Å². The molecule has 0 radical (unpaired) electrons. The molecule has 1 aliphatic heterocycles. The van der Waals surface area contributed by atoms with E-state index in [0.29, 0.717) is 43.3 Å². The molecule has 28 heavy (non-hydrogen) atoms. The highest BCUT2D eigenvalue weighted by atomic mass is 16.5. The molecule has 2 aromatic heterocycles. The molecule has 3 heterocycles. The fourth-order valence-electron chi connectivity index (χ4n) is 3.80. The maximum absolute atomic E-state index is 11.5. The normalized spacial score (nSPS) is 14.9. The fourth-order valence-corrected chi connectivity index (χ4v) is 3.80. The first-order chi connectivity index (χ1) is 13.6. The van der Waals surface area contributed by atoms with Gasteiger partial charge < -0.3 is 25.5 Å². The fraction of sp³-hybridized carbons (Fsp3) is 0.550. The van der Waals surface area contributed by atoms with Crippen LogP contribution in [-0.4, -0.2) is 52.8 Å². The summed E-state index contributed by atoms with van der Waals surface area (Å²) >= 11 is 0. The van der Waals surface area contributed by atoms with Crippen LogP contribution in [0.15, 0.2) is 18.3 Å². The summed E-state index contributed by atoms with van der Waals surface area (Å²) in [6.45, 7) is 6.94. The number of anilines is 3. The van der Waals surface area contributed by atoms with Gasteiger partial charge in [0, 0.05) is 30.9 Å². The average molecular weight is 386 g/mol. The summed E-state index contributed by atoms with van der Waals surface area (Å²) in [7, 11) is 0. The van der Waals surface area contributed by atoms with Crippen LogP contribution in [0, 0.1) is 5.41 Å². The van der Waals surface area contributed by atoms with Gasteiger partial charge in [-0.05, 0) is 24.5 Å². The maximum Gasteiger partial charge on any atom is 0.143 e. The van der Waals surface area contributed by atoms with E-state index in [4.69, 9.17) is 15.1 Å². The predicted molar refractivity (Wildman–Crippen MR) is 111 cm³/mol. The number of ether oxygens (including phenoxy) is 1. The lowest BCUT2D eigenvalue weighted by molar-refractivity contribution is 0.0168. The van der Waals surface area contributed by atoms with Gasteiger partial charge in [-0.15, -0.1) is 0 Å². The van der Waals surface area contributed by atoms with Crippen LogP contribution >= 0.6 is 0 Å². The molecule has 2 aromatic rings. The monoisotopic (exact) mass is 386 g/mol. The number of nitrogens with zero attached hydrogens (tertiary/aromatic N) is 3. The molecule has 1 fully saturated rings. The van der Waals surface area contributed by atoms with Gasteiger partial charge in [-0.3, -0.25) is 5.10 Å². The van der Waals surface area contributed by atoms with Crippen LogP contribution in [0.2, 0.25) is 0 Å². The van der Waals surface area contributed by atoms with Crippen molar-refractivity contribution in [2.75, 3.05) is 36.5 Å². The Kier molecular flexibility index (Phi) is 6.64. The number of aromatic amines is 1. The average Bonchev–Trinajstić information content (AvgIpc) is 3.21. The van der Waals surface area contributed by atoms with E-state index in [9.17, 15) is 5.11 Å². The van der Waals surface area contributed by atoms with Crippen LogP contribution in [0.5, 0.6) is 0 Å². The Balaban J connectivity index is 2.12. The molecule has 8 nitrogen and oxygen atoms in total. The van der Waals surface area contributed by atoms with E-state index in [2.05, 4.69) is 34.3 Å². The zero-order chi connectivity index (χ0) is 20.0. The van der Waals surface area contributed by atoms with Crippen molar-refractivity contribution >= 4 is 23.7 Å². The van der Waals surface area contributed by atoms with E-state index < -0.39 is 5.60 Å². The van der Waals surface area contributed by atoms with Crippen molar-refractivity contribution in [1.82, 2.24) is 15.2 Å². The number of H-pyrrole nitrogens is 1. The van der Waals surface area contributed by atoms with Crippen LogP contribution in [0.3, 0.4) is 0 Å². The first-order valence-electron chi connectivity index (χ1n) is 9.98. The van der Waals surface area contributed by atoms with Crippen LogP contribution in [0.4, 0.5) is 17.5 Å². The number of aromatic nitrogens is 3. The number of nitrogens with one attached hydrogen (secondary N) is 3. The molecular formula is C20H30N6O2. The molecule has 152 valence electrons. The molecule has 0 spiro atoms. The summed E-state index contributed by atoms with van der Waals surface area (Å²) in [6, 6.07) is 3.76. The van der Waals surface area contributed by atoms with Gasteiger partial charge >= 0.3 is 0 Å². The molecule has 0 saturated carbocycles. The van der Waals surface area contributed by atoms with Crippen LogP contribution in [0.1, 0.15) is 50.7 Å². The third-order valence-electron chi connectivity index (χ3n) is 5.11. The highest BCUT2D eigenvalue weighted by molar-refractivity contribution is 5.89. The highest BCUT2D eigenvalue weighted by Crippen LogP contribution is 2.38. The Bertz CT molecular complexity index is 765. The van der Waals surface area contributed by atoms with Crippen molar-refractivity contribution in [3.63, 3.8) is 0 Å². The number of morpholine rings is 1. The Morgan fingerprint density at radius 3 is 2.61 bits per heavy atom. The van der Waals surface area contributed by atoms with Gasteiger partial charge in [0.25, 0.3) is 0 Å². The summed E-state index contributed by atoms with van der Waals surface area (Å²) in [6.07, 6.45) is 5.92. The van der Waals surface area contributed by atoms with E-state index in [1.807, 2.05) is 6.07 Å². The molecule has 0 aliphatic carbocycles. The zero-order valence-electron chi connectivity index (χ0n) is 16.7. The highest BCUT2D eigenvalue weighted by Gasteiger charge is 2.32. The summed E-state index contributed by atoms with van der Waals surface area (Å²) in [5, 5.41) is 29.7. The van der Waals surface area contributed by atoms with Gasteiger partial charge in [-0.1, -0.05) is 26.7 Å². The third-order valence-corrected chi connectivity index (χ3v) is 5.11. The topological polar surface area (TPSA) is 110 Å². The van der Waals surface area contributed by atoms with Gasteiger partial charge in [-0.25, -0.2) is 4.98 Å². The van der Waals surface area contributed by atoms with E-state index >= 15 is 0 Å².